The van der Waals surface area contributed by atoms with E-state index >= 15 is 0 Å². The zero-order chi connectivity index (χ0) is 14.3. The number of ether oxygens (including phenoxy) is 1. The van der Waals surface area contributed by atoms with Crippen molar-refractivity contribution in [3.05, 3.63) is 24.3 Å². The quantitative estimate of drug-likeness (QED) is 0.540. The van der Waals surface area contributed by atoms with Crippen molar-refractivity contribution < 1.29 is 14.9 Å². The van der Waals surface area contributed by atoms with Crippen molar-refractivity contribution in [1.82, 2.24) is 0 Å². The van der Waals surface area contributed by atoms with E-state index in [1.165, 1.54) is 62.8 Å². The highest BCUT2D eigenvalue weighted by molar-refractivity contribution is 5.28. The summed E-state index contributed by atoms with van der Waals surface area (Å²) in [6, 6.07) is 5.70. The molecule has 0 fully saturated rings. The lowest BCUT2D eigenvalue weighted by Gasteiger charge is -2.01. The van der Waals surface area contributed by atoms with Crippen LogP contribution in [0.3, 0.4) is 0 Å². The zero-order valence-corrected chi connectivity index (χ0v) is 12.3. The van der Waals surface area contributed by atoms with Crippen LogP contribution in [0.5, 0.6) is 11.5 Å². The molecule has 0 aliphatic carbocycles. The van der Waals surface area contributed by atoms with Crippen LogP contribution < -0.4 is 0 Å². The Morgan fingerprint density at radius 1 is 0.737 bits per heavy atom. The molecule has 0 heterocycles. The van der Waals surface area contributed by atoms with Crippen LogP contribution in [-0.2, 0) is 4.74 Å². The molecule has 1 rings (SSSR count). The molecule has 110 valence electrons. The van der Waals surface area contributed by atoms with E-state index in [9.17, 15) is 0 Å². The Morgan fingerprint density at radius 3 is 1.42 bits per heavy atom. The van der Waals surface area contributed by atoms with Gasteiger partial charge >= 0.3 is 0 Å². The van der Waals surface area contributed by atoms with Gasteiger partial charge in [-0.25, -0.2) is 0 Å². The van der Waals surface area contributed by atoms with Crippen LogP contribution in [0.15, 0.2) is 24.3 Å². The average molecular weight is 268 g/mol. The highest BCUT2D eigenvalue weighted by Gasteiger charge is 1.88. The molecule has 0 saturated heterocycles. The molecule has 0 spiro atoms. The van der Waals surface area contributed by atoms with Crippen molar-refractivity contribution in [3.8, 4) is 11.5 Å². The van der Waals surface area contributed by atoms with Crippen LogP contribution >= 0.6 is 0 Å². The predicted molar refractivity (Wildman–Crippen MR) is 79.6 cm³/mol. The summed E-state index contributed by atoms with van der Waals surface area (Å²) >= 11 is 0. The van der Waals surface area contributed by atoms with E-state index in [1.807, 2.05) is 0 Å². The molecule has 0 saturated carbocycles. The van der Waals surface area contributed by atoms with E-state index in [2.05, 4.69) is 13.8 Å². The normalized spacial score (nSPS) is 9.79. The average Bonchev–Trinajstić information content (AvgIpc) is 2.42. The van der Waals surface area contributed by atoms with Crippen LogP contribution in [0.25, 0.3) is 0 Å². The van der Waals surface area contributed by atoms with Gasteiger partial charge in [0.1, 0.15) is 11.5 Å². The number of rotatable bonds is 8. The fourth-order valence-corrected chi connectivity index (χ4v) is 1.46. The number of benzene rings is 1. The van der Waals surface area contributed by atoms with Crippen molar-refractivity contribution in [2.45, 2.75) is 52.4 Å². The van der Waals surface area contributed by atoms with Gasteiger partial charge in [-0.1, -0.05) is 39.5 Å². The second kappa shape index (κ2) is 13.2. The highest BCUT2D eigenvalue weighted by atomic mass is 16.5. The molecular weight excluding hydrogens is 240 g/mol. The maximum Gasteiger partial charge on any atom is 0.115 e. The summed E-state index contributed by atoms with van der Waals surface area (Å²) < 4.78 is 5.44. The summed E-state index contributed by atoms with van der Waals surface area (Å²) in [4.78, 5) is 0. The molecule has 0 radical (unpaired) electrons. The lowest BCUT2D eigenvalue weighted by atomic mass is 10.2. The summed E-state index contributed by atoms with van der Waals surface area (Å²) in [7, 11) is 0. The first kappa shape index (κ1) is 17.8. The topological polar surface area (TPSA) is 49.7 Å². The molecule has 0 unspecified atom stereocenters. The first-order valence-electron chi connectivity index (χ1n) is 7.26. The van der Waals surface area contributed by atoms with E-state index in [1.54, 1.807) is 0 Å². The fraction of sp³-hybridized carbons (Fsp3) is 0.625. The van der Waals surface area contributed by atoms with Gasteiger partial charge in [0.15, 0.2) is 0 Å². The largest absolute Gasteiger partial charge is 0.508 e. The van der Waals surface area contributed by atoms with Crippen molar-refractivity contribution in [2.75, 3.05) is 13.2 Å². The third-order valence-electron chi connectivity index (χ3n) is 2.63. The van der Waals surface area contributed by atoms with E-state index in [4.69, 9.17) is 14.9 Å². The molecule has 3 nitrogen and oxygen atoms in total. The van der Waals surface area contributed by atoms with Crippen molar-refractivity contribution in [2.24, 2.45) is 0 Å². The molecule has 3 heteroatoms. The number of hydrogen-bond acceptors (Lipinski definition) is 3. The third-order valence-corrected chi connectivity index (χ3v) is 2.63. The number of aromatic hydroxyl groups is 2. The van der Waals surface area contributed by atoms with E-state index in [-0.39, 0.29) is 11.5 Å². The molecule has 0 amide bonds. The molecule has 0 bridgehead atoms. The van der Waals surface area contributed by atoms with Gasteiger partial charge in [0.05, 0.1) is 0 Å². The van der Waals surface area contributed by atoms with Crippen LogP contribution in [0, 0.1) is 0 Å². The number of hydrogen-bond donors (Lipinski definition) is 2. The van der Waals surface area contributed by atoms with Gasteiger partial charge in [0.25, 0.3) is 0 Å². The van der Waals surface area contributed by atoms with Crippen molar-refractivity contribution >= 4 is 0 Å². The molecule has 0 aliphatic rings. The SMILES string of the molecule is CCCCCOCCCCC.Oc1ccc(O)cc1. The van der Waals surface area contributed by atoms with Gasteiger partial charge < -0.3 is 14.9 Å². The van der Waals surface area contributed by atoms with Gasteiger partial charge in [0.2, 0.25) is 0 Å². The standard InChI is InChI=1S/C10H22O.C6H6O2/c1-3-5-7-9-11-10-8-6-4-2;7-5-1-2-6(8)4-3-5/h3-10H2,1-2H3;1-4,7-8H. The van der Waals surface area contributed by atoms with Gasteiger partial charge in [-0.2, -0.15) is 0 Å². The maximum absolute atomic E-state index is 8.65. The van der Waals surface area contributed by atoms with Crippen LogP contribution in [0.2, 0.25) is 0 Å². The molecule has 19 heavy (non-hydrogen) atoms. The maximum atomic E-state index is 8.65. The van der Waals surface area contributed by atoms with Gasteiger partial charge in [0, 0.05) is 13.2 Å². The van der Waals surface area contributed by atoms with Crippen molar-refractivity contribution in [1.29, 1.82) is 0 Å². The Bertz CT molecular complexity index is 254. The van der Waals surface area contributed by atoms with E-state index in [0.29, 0.717) is 0 Å². The summed E-state index contributed by atoms with van der Waals surface area (Å²) in [6.45, 7) is 6.38. The summed E-state index contributed by atoms with van der Waals surface area (Å²) in [5.74, 6) is 0.339. The second-order valence-corrected chi connectivity index (χ2v) is 4.54. The highest BCUT2D eigenvalue weighted by Crippen LogP contribution is 2.13. The monoisotopic (exact) mass is 268 g/mol. The summed E-state index contributed by atoms with van der Waals surface area (Å²) in [5, 5.41) is 17.3. The summed E-state index contributed by atoms with van der Waals surface area (Å²) in [5.41, 5.74) is 0. The second-order valence-electron chi connectivity index (χ2n) is 4.54. The summed E-state index contributed by atoms with van der Waals surface area (Å²) in [6.07, 6.45) is 7.68. The zero-order valence-electron chi connectivity index (χ0n) is 12.3. The van der Waals surface area contributed by atoms with Gasteiger partial charge in [-0.05, 0) is 37.1 Å². The lowest BCUT2D eigenvalue weighted by Crippen LogP contribution is -1.96. The third kappa shape index (κ3) is 13.0. The molecule has 1 aromatic carbocycles. The molecule has 1 aromatic rings. The number of phenolic OH excluding ortho intramolecular Hbond substituents is 2. The Morgan fingerprint density at radius 2 is 1.11 bits per heavy atom. The Labute approximate surface area is 117 Å². The minimum Gasteiger partial charge on any atom is -0.508 e. The predicted octanol–water partition coefficient (Wildman–Crippen LogP) is 4.48. The fourth-order valence-electron chi connectivity index (χ4n) is 1.46. The van der Waals surface area contributed by atoms with E-state index < -0.39 is 0 Å². The van der Waals surface area contributed by atoms with Gasteiger partial charge in [-0.3, -0.25) is 0 Å². The Hall–Kier alpha value is -1.22. The number of unbranched alkanes of at least 4 members (excludes halogenated alkanes) is 4. The van der Waals surface area contributed by atoms with Crippen LogP contribution in [0.4, 0.5) is 0 Å². The van der Waals surface area contributed by atoms with Crippen LogP contribution in [0.1, 0.15) is 52.4 Å². The first-order valence-corrected chi connectivity index (χ1v) is 7.26. The molecular formula is C16H28O3. The first-order chi connectivity index (χ1) is 9.20. The van der Waals surface area contributed by atoms with Crippen LogP contribution in [-0.4, -0.2) is 23.4 Å². The Balaban J connectivity index is 0.000000356. The molecule has 2 N–H and O–H groups in total. The Kier molecular flexibility index (Phi) is 12.4. The lowest BCUT2D eigenvalue weighted by molar-refractivity contribution is 0.126. The minimum absolute atomic E-state index is 0.169. The van der Waals surface area contributed by atoms with Gasteiger partial charge in [-0.15, -0.1) is 0 Å². The molecule has 0 aliphatic heterocycles. The van der Waals surface area contributed by atoms with E-state index in [0.717, 1.165) is 13.2 Å². The smallest absolute Gasteiger partial charge is 0.115 e. The number of phenols is 2. The van der Waals surface area contributed by atoms with Crippen molar-refractivity contribution in [3.63, 3.8) is 0 Å². The molecule has 0 atom stereocenters. The minimum atomic E-state index is 0.169. The molecule has 0 aromatic heterocycles.